The molecule has 200 valence electrons. The Hall–Kier alpha value is -4.41. The molecule has 2 unspecified atom stereocenters. The van der Waals surface area contributed by atoms with Crippen LogP contribution in [0.3, 0.4) is 0 Å². The molecule has 0 spiro atoms. The Balaban J connectivity index is 1.51. The van der Waals surface area contributed by atoms with Crippen molar-refractivity contribution in [3.63, 3.8) is 0 Å². The highest BCUT2D eigenvalue weighted by Crippen LogP contribution is 2.44. The van der Waals surface area contributed by atoms with Crippen molar-refractivity contribution in [3.8, 4) is 0 Å². The Bertz CT molecular complexity index is 1520. The van der Waals surface area contributed by atoms with E-state index < -0.39 is 36.0 Å². The number of alkyl halides is 3. The van der Waals surface area contributed by atoms with Crippen LogP contribution in [-0.2, 0) is 11.0 Å². The fourth-order valence-corrected chi connectivity index (χ4v) is 5.44. The molecule has 3 heterocycles. The first kappa shape index (κ1) is 24.9. The van der Waals surface area contributed by atoms with Crippen molar-refractivity contribution in [2.24, 2.45) is 4.99 Å². The Labute approximate surface area is 220 Å². The molecule has 6 nitrogen and oxygen atoms in total. The zero-order valence-corrected chi connectivity index (χ0v) is 20.2. The van der Waals surface area contributed by atoms with Gasteiger partial charge in [0.05, 0.1) is 29.8 Å². The molecular formula is C28H21F5N4O2. The number of carboxylic acids is 1. The number of aliphatic imine (C=N–C) groups is 1. The molecule has 0 radical (unpaired) electrons. The van der Waals surface area contributed by atoms with Crippen LogP contribution in [0.2, 0.25) is 0 Å². The number of para-hydroxylation sites is 1. The minimum atomic E-state index is -4.63. The maximum Gasteiger partial charge on any atom is 0.416 e. The van der Waals surface area contributed by atoms with Crippen molar-refractivity contribution in [2.75, 3.05) is 18.0 Å². The molecule has 2 aromatic rings. The molecule has 2 atom stereocenters. The van der Waals surface area contributed by atoms with E-state index in [1.54, 1.807) is 23.3 Å². The summed E-state index contributed by atoms with van der Waals surface area (Å²) in [5, 5.41) is 9.75. The Morgan fingerprint density at radius 2 is 1.87 bits per heavy atom. The number of carboxylic acid groups (broad SMARTS) is 1. The van der Waals surface area contributed by atoms with Crippen LogP contribution in [0.5, 0.6) is 0 Å². The van der Waals surface area contributed by atoms with Crippen LogP contribution in [0.15, 0.2) is 95.1 Å². The molecule has 0 saturated heterocycles. The highest BCUT2D eigenvalue weighted by molar-refractivity contribution is 6.02. The minimum absolute atomic E-state index is 0.0609. The number of aliphatic carboxylic acids is 1. The van der Waals surface area contributed by atoms with Gasteiger partial charge < -0.3 is 19.8 Å². The van der Waals surface area contributed by atoms with Gasteiger partial charge in [-0.1, -0.05) is 24.3 Å². The lowest BCUT2D eigenvalue weighted by Crippen LogP contribution is -2.51. The monoisotopic (exact) mass is 540 g/mol. The lowest BCUT2D eigenvalue weighted by Gasteiger charge is -2.43. The Morgan fingerprint density at radius 3 is 2.64 bits per heavy atom. The molecule has 0 fully saturated rings. The lowest BCUT2D eigenvalue weighted by atomic mass is 9.97. The predicted octanol–water partition coefficient (Wildman–Crippen LogP) is 6.06. The first-order valence-electron chi connectivity index (χ1n) is 12.2. The van der Waals surface area contributed by atoms with Crippen LogP contribution in [0.1, 0.15) is 23.6 Å². The highest BCUT2D eigenvalue weighted by Gasteiger charge is 2.40. The molecule has 4 aliphatic rings. The fourth-order valence-electron chi connectivity index (χ4n) is 5.44. The van der Waals surface area contributed by atoms with E-state index in [0.717, 1.165) is 23.4 Å². The van der Waals surface area contributed by atoms with Gasteiger partial charge >= 0.3 is 12.1 Å². The number of guanidine groups is 1. The van der Waals surface area contributed by atoms with Crippen molar-refractivity contribution in [2.45, 2.75) is 24.7 Å². The minimum Gasteiger partial charge on any atom is -0.481 e. The largest absolute Gasteiger partial charge is 0.481 e. The summed E-state index contributed by atoms with van der Waals surface area (Å²) in [5.74, 6) is -2.15. The van der Waals surface area contributed by atoms with Crippen LogP contribution in [0.4, 0.5) is 33.3 Å². The highest BCUT2D eigenvalue weighted by atomic mass is 19.4. The summed E-state index contributed by atoms with van der Waals surface area (Å²) in [7, 11) is 0. The molecule has 11 heteroatoms. The van der Waals surface area contributed by atoms with E-state index in [1.807, 2.05) is 4.90 Å². The topological polar surface area (TPSA) is 59.4 Å². The summed E-state index contributed by atoms with van der Waals surface area (Å²) >= 11 is 0. The van der Waals surface area contributed by atoms with E-state index in [2.05, 4.69) is 4.99 Å². The number of allylic oxidation sites excluding steroid dienone is 3. The van der Waals surface area contributed by atoms with Crippen molar-refractivity contribution in [1.82, 2.24) is 9.80 Å². The number of fused-ring (bicyclic) bond motifs is 4. The van der Waals surface area contributed by atoms with E-state index in [4.69, 9.17) is 0 Å². The van der Waals surface area contributed by atoms with E-state index in [9.17, 15) is 27.5 Å². The van der Waals surface area contributed by atoms with Crippen LogP contribution >= 0.6 is 0 Å². The average molecular weight is 540 g/mol. The number of anilines is 1. The van der Waals surface area contributed by atoms with Gasteiger partial charge in [-0.2, -0.15) is 13.2 Å². The molecule has 2 aromatic carbocycles. The van der Waals surface area contributed by atoms with Crippen molar-refractivity contribution >= 4 is 23.3 Å². The fraction of sp³-hybridized carbons (Fsp3) is 0.214. The standard InChI is InChI=1S/C28H21F5N4O2/c29-18-7-8-23-16(11-18)12-20-15-35(9-10-36(20)23)27-34-26-21(5-2-6-22(26)30)24(14-25(38)39)37(27)19-4-1-3-17(13-19)28(31,32)33/h1-8,11-13,15,23-24H,9-10,14H2,(H,38,39). The Morgan fingerprint density at radius 1 is 1.08 bits per heavy atom. The molecule has 39 heavy (non-hydrogen) atoms. The van der Waals surface area contributed by atoms with Gasteiger partial charge in [0.1, 0.15) is 17.3 Å². The second-order valence-corrected chi connectivity index (χ2v) is 9.54. The number of hydrogen-bond donors (Lipinski definition) is 1. The second-order valence-electron chi connectivity index (χ2n) is 9.54. The van der Waals surface area contributed by atoms with E-state index >= 15 is 4.39 Å². The normalized spacial score (nSPS) is 21.9. The number of benzene rings is 2. The van der Waals surface area contributed by atoms with Crippen LogP contribution in [0.25, 0.3) is 0 Å². The summed E-state index contributed by atoms with van der Waals surface area (Å²) in [6, 6.07) is 7.51. The zero-order valence-electron chi connectivity index (χ0n) is 20.2. The summed E-state index contributed by atoms with van der Waals surface area (Å²) in [5.41, 5.74) is 0.823. The molecule has 3 aliphatic heterocycles. The number of halogens is 5. The lowest BCUT2D eigenvalue weighted by molar-refractivity contribution is -0.138. The molecule has 0 saturated carbocycles. The summed E-state index contributed by atoms with van der Waals surface area (Å²) < 4.78 is 69.8. The van der Waals surface area contributed by atoms with E-state index in [0.29, 0.717) is 13.1 Å². The summed E-state index contributed by atoms with van der Waals surface area (Å²) in [6.45, 7) is 0.776. The zero-order chi connectivity index (χ0) is 27.5. The Kier molecular flexibility index (Phi) is 5.81. The smallest absolute Gasteiger partial charge is 0.416 e. The molecular weight excluding hydrogens is 519 g/mol. The SMILES string of the molecule is O=C(O)CC1c2cccc(F)c2N=C(N2C=C3C=C4C=C(F)C=CC4N3CC2)N1c1cccc(C(F)(F)F)c1. The van der Waals surface area contributed by atoms with Crippen LogP contribution in [-0.4, -0.2) is 46.0 Å². The van der Waals surface area contributed by atoms with Crippen molar-refractivity contribution in [1.29, 1.82) is 0 Å². The average Bonchev–Trinajstić information content (AvgIpc) is 3.25. The quantitative estimate of drug-likeness (QED) is 0.480. The van der Waals surface area contributed by atoms with Crippen LogP contribution < -0.4 is 4.90 Å². The maximum absolute atomic E-state index is 15.0. The van der Waals surface area contributed by atoms with Crippen LogP contribution in [0, 0.1) is 5.82 Å². The van der Waals surface area contributed by atoms with Crippen molar-refractivity contribution in [3.05, 3.63) is 107 Å². The van der Waals surface area contributed by atoms with Gasteiger partial charge in [0.2, 0.25) is 5.96 Å². The van der Waals surface area contributed by atoms with Gasteiger partial charge in [-0.3, -0.25) is 4.79 Å². The molecule has 0 amide bonds. The summed E-state index contributed by atoms with van der Waals surface area (Å²) in [4.78, 5) is 21.6. The number of nitrogens with zero attached hydrogens (tertiary/aromatic N) is 4. The molecule has 6 rings (SSSR count). The van der Waals surface area contributed by atoms with E-state index in [-0.39, 0.29) is 34.8 Å². The van der Waals surface area contributed by atoms with Gasteiger partial charge in [-0.05, 0) is 48.1 Å². The van der Waals surface area contributed by atoms with E-state index in [1.165, 1.54) is 47.4 Å². The number of rotatable bonds is 3. The van der Waals surface area contributed by atoms with Gasteiger partial charge in [0.15, 0.2) is 0 Å². The molecule has 0 bridgehead atoms. The third kappa shape index (κ3) is 4.37. The van der Waals surface area contributed by atoms with Gasteiger partial charge in [-0.25, -0.2) is 13.8 Å². The van der Waals surface area contributed by atoms with Crippen molar-refractivity contribution < 1.29 is 31.9 Å². The summed E-state index contributed by atoms with van der Waals surface area (Å²) in [6.07, 6.45) is 2.97. The third-order valence-electron chi connectivity index (χ3n) is 7.13. The maximum atomic E-state index is 15.0. The third-order valence-corrected chi connectivity index (χ3v) is 7.13. The number of hydrogen-bond acceptors (Lipinski definition) is 5. The first-order chi connectivity index (χ1) is 18.6. The molecule has 1 N–H and O–H groups in total. The van der Waals surface area contributed by atoms with Gasteiger partial charge in [-0.15, -0.1) is 0 Å². The number of carbonyl (C=O) groups is 1. The molecule has 1 aliphatic carbocycles. The van der Waals surface area contributed by atoms with Gasteiger partial charge in [0, 0.05) is 30.5 Å². The predicted molar refractivity (Wildman–Crippen MR) is 134 cm³/mol. The second kappa shape index (κ2) is 9.11. The first-order valence-corrected chi connectivity index (χ1v) is 12.2. The molecule has 0 aromatic heterocycles. The van der Waals surface area contributed by atoms with Gasteiger partial charge in [0.25, 0.3) is 0 Å².